The minimum Gasteiger partial charge on any atom is -0.457 e. The minimum atomic E-state index is -0.507. The number of nitriles is 1. The van der Waals surface area contributed by atoms with E-state index in [9.17, 15) is 10.1 Å². The molecule has 5 heterocycles. The van der Waals surface area contributed by atoms with Crippen LogP contribution in [0.5, 0.6) is 11.5 Å². The molecule has 1 atom stereocenters. The van der Waals surface area contributed by atoms with Gasteiger partial charge >= 0.3 is 0 Å². The molecule has 0 saturated carbocycles. The molecule has 0 spiro atoms. The average Bonchev–Trinajstić information content (AvgIpc) is 3.50. The molecule has 260 valence electrons. The third kappa shape index (κ3) is 6.44. The maximum absolute atomic E-state index is 15.7. The van der Waals surface area contributed by atoms with Gasteiger partial charge in [0.25, 0.3) is 5.91 Å². The zero-order chi connectivity index (χ0) is 35.0. The quantitative estimate of drug-likeness (QED) is 0.192. The summed E-state index contributed by atoms with van der Waals surface area (Å²) in [4.78, 5) is 24.8. The zero-order valence-electron chi connectivity index (χ0n) is 28.8. The Morgan fingerprint density at radius 3 is 2.54 bits per heavy atom. The number of likely N-dealkylation sites (tertiary alicyclic amines) is 1. The van der Waals surface area contributed by atoms with E-state index in [0.29, 0.717) is 41.2 Å². The third-order valence-corrected chi connectivity index (χ3v) is 10.4. The van der Waals surface area contributed by atoms with Crippen LogP contribution in [0, 0.1) is 17.1 Å². The molecule has 7 rings (SSSR count). The van der Waals surface area contributed by atoms with Gasteiger partial charge in [0.2, 0.25) is 0 Å². The molecule has 0 aliphatic carbocycles. The highest BCUT2D eigenvalue weighted by molar-refractivity contribution is 6.00. The van der Waals surface area contributed by atoms with E-state index < -0.39 is 11.4 Å². The molecule has 50 heavy (non-hydrogen) atoms. The molecule has 2 N–H and O–H groups in total. The Morgan fingerprint density at radius 1 is 1.10 bits per heavy atom. The number of hydrogen-bond donors (Lipinski definition) is 1. The van der Waals surface area contributed by atoms with Gasteiger partial charge in [-0.2, -0.15) is 10.4 Å². The van der Waals surface area contributed by atoms with E-state index in [0.717, 1.165) is 52.2 Å². The number of nitrogens with zero attached hydrogens (tertiary/aromatic N) is 7. The van der Waals surface area contributed by atoms with E-state index in [4.69, 9.17) is 20.3 Å². The number of nitrogens with two attached hydrogens (primary N) is 1. The molecule has 1 amide bonds. The standard InChI is InChI=1S/C38H43FN8O3/c1-37(2,45-16-18-46(19-17-45)38(3)24-49-25-38)21-26(22-40)36(48)44-15-7-8-27(23-44)47-32-13-14-42-35(41)33(32)34(43-47)30-12-11-29(20-31(30)39)50-28-9-5-4-6-10-28/h4-6,9-14,20-21,27H,7-8,15-19,23-25H2,1-3H3,(H2,41,42). The number of piperidine rings is 1. The summed E-state index contributed by atoms with van der Waals surface area (Å²) >= 11 is 0. The van der Waals surface area contributed by atoms with Crippen LogP contribution in [-0.4, -0.2) is 98.9 Å². The Labute approximate surface area is 291 Å². The van der Waals surface area contributed by atoms with Gasteiger partial charge in [0, 0.05) is 62.6 Å². The van der Waals surface area contributed by atoms with Crippen molar-refractivity contribution in [2.24, 2.45) is 0 Å². The van der Waals surface area contributed by atoms with Crippen LogP contribution in [0.4, 0.5) is 10.2 Å². The first-order valence-corrected chi connectivity index (χ1v) is 17.2. The van der Waals surface area contributed by atoms with Crippen molar-refractivity contribution < 1.29 is 18.7 Å². The second-order valence-electron chi connectivity index (χ2n) is 14.3. The summed E-state index contributed by atoms with van der Waals surface area (Å²) in [6, 6.07) is 17.7. The summed E-state index contributed by atoms with van der Waals surface area (Å²) in [5, 5.41) is 15.7. The van der Waals surface area contributed by atoms with Crippen LogP contribution in [0.3, 0.4) is 0 Å². The lowest BCUT2D eigenvalue weighted by molar-refractivity contribution is -0.142. The summed E-state index contributed by atoms with van der Waals surface area (Å²) < 4.78 is 28.9. The number of hydrogen-bond acceptors (Lipinski definition) is 9. The van der Waals surface area contributed by atoms with E-state index in [2.05, 4.69) is 41.6 Å². The fourth-order valence-corrected chi connectivity index (χ4v) is 7.45. The maximum Gasteiger partial charge on any atom is 0.264 e. The van der Waals surface area contributed by atoms with E-state index in [1.807, 2.05) is 35.0 Å². The Hall–Kier alpha value is -4.83. The lowest BCUT2D eigenvalue weighted by atomic mass is 9.94. The van der Waals surface area contributed by atoms with Crippen LogP contribution in [-0.2, 0) is 9.53 Å². The molecule has 3 fully saturated rings. The van der Waals surface area contributed by atoms with Gasteiger partial charge < -0.3 is 20.1 Å². The Kier molecular flexibility index (Phi) is 9.07. The number of benzene rings is 2. The maximum atomic E-state index is 15.7. The van der Waals surface area contributed by atoms with Crippen LogP contribution >= 0.6 is 0 Å². The summed E-state index contributed by atoms with van der Waals surface area (Å²) in [7, 11) is 0. The van der Waals surface area contributed by atoms with E-state index in [-0.39, 0.29) is 34.4 Å². The van der Waals surface area contributed by atoms with Crippen molar-refractivity contribution in [2.75, 3.05) is 58.2 Å². The topological polar surface area (TPSA) is 126 Å². The summed E-state index contributed by atoms with van der Waals surface area (Å²) in [5.41, 5.74) is 7.48. The number of ether oxygens (including phenoxy) is 2. The van der Waals surface area contributed by atoms with E-state index in [1.54, 1.807) is 35.4 Å². The number of fused-ring (bicyclic) bond motifs is 1. The minimum absolute atomic E-state index is 0.101. The number of halogens is 1. The van der Waals surface area contributed by atoms with Crippen molar-refractivity contribution in [2.45, 2.75) is 50.7 Å². The number of pyridine rings is 1. The molecule has 4 aromatic rings. The van der Waals surface area contributed by atoms with Crippen molar-refractivity contribution in [3.8, 4) is 28.8 Å². The predicted octanol–water partition coefficient (Wildman–Crippen LogP) is 5.41. The summed E-state index contributed by atoms with van der Waals surface area (Å²) in [6.07, 6.45) is 4.90. The van der Waals surface area contributed by atoms with Crippen molar-refractivity contribution in [1.82, 2.24) is 29.5 Å². The molecule has 12 heteroatoms. The van der Waals surface area contributed by atoms with Gasteiger partial charge in [-0.25, -0.2) is 9.37 Å². The molecule has 3 aliphatic rings. The molecular formula is C38H43FN8O3. The summed E-state index contributed by atoms with van der Waals surface area (Å²) in [5.74, 6) is 0.404. The molecule has 3 saturated heterocycles. The van der Waals surface area contributed by atoms with Crippen molar-refractivity contribution in [1.29, 1.82) is 5.26 Å². The highest BCUT2D eigenvalue weighted by atomic mass is 19.1. The number of carbonyl (C=O) groups is 1. The van der Waals surface area contributed by atoms with Crippen LogP contribution in [0.2, 0.25) is 0 Å². The van der Waals surface area contributed by atoms with Gasteiger partial charge in [-0.1, -0.05) is 18.2 Å². The van der Waals surface area contributed by atoms with Crippen LogP contribution < -0.4 is 10.5 Å². The van der Waals surface area contributed by atoms with Crippen LogP contribution in [0.15, 0.2) is 72.4 Å². The molecular weight excluding hydrogens is 635 g/mol. The van der Waals surface area contributed by atoms with Gasteiger partial charge in [-0.05, 0) is 70.0 Å². The fourth-order valence-electron chi connectivity index (χ4n) is 7.45. The summed E-state index contributed by atoms with van der Waals surface area (Å²) in [6.45, 7) is 12.3. The number of nitrogen functional groups attached to an aromatic ring is 1. The largest absolute Gasteiger partial charge is 0.457 e. The lowest BCUT2D eigenvalue weighted by Gasteiger charge is -2.52. The first-order valence-electron chi connectivity index (χ1n) is 17.2. The smallest absolute Gasteiger partial charge is 0.264 e. The number of para-hydroxylation sites is 1. The molecule has 2 aromatic heterocycles. The van der Waals surface area contributed by atoms with Gasteiger partial charge in [0.1, 0.15) is 40.5 Å². The average molecular weight is 679 g/mol. The Morgan fingerprint density at radius 2 is 1.86 bits per heavy atom. The van der Waals surface area contributed by atoms with Gasteiger partial charge in [-0.3, -0.25) is 19.3 Å². The van der Waals surface area contributed by atoms with Crippen LogP contribution in [0.1, 0.15) is 39.7 Å². The van der Waals surface area contributed by atoms with E-state index in [1.165, 1.54) is 6.07 Å². The van der Waals surface area contributed by atoms with Crippen LogP contribution in [0.25, 0.3) is 22.2 Å². The van der Waals surface area contributed by atoms with Crippen molar-refractivity contribution >= 4 is 22.6 Å². The second-order valence-corrected chi connectivity index (χ2v) is 14.3. The second kappa shape index (κ2) is 13.5. The zero-order valence-corrected chi connectivity index (χ0v) is 28.8. The molecule has 0 radical (unpaired) electrons. The Balaban J connectivity index is 1.11. The lowest BCUT2D eigenvalue weighted by Crippen LogP contribution is -2.66. The third-order valence-electron chi connectivity index (χ3n) is 10.4. The Bertz CT molecular complexity index is 1960. The fraction of sp³-hybridized carbons (Fsp3) is 0.421. The molecule has 0 bridgehead atoms. The highest BCUT2D eigenvalue weighted by Crippen LogP contribution is 2.37. The van der Waals surface area contributed by atoms with Crippen molar-refractivity contribution in [3.63, 3.8) is 0 Å². The van der Waals surface area contributed by atoms with E-state index >= 15 is 4.39 Å². The van der Waals surface area contributed by atoms with Gasteiger partial charge in [0.15, 0.2) is 0 Å². The molecule has 3 aliphatic heterocycles. The molecule has 1 unspecified atom stereocenters. The van der Waals surface area contributed by atoms with Gasteiger partial charge in [-0.15, -0.1) is 0 Å². The van der Waals surface area contributed by atoms with Gasteiger partial charge in [0.05, 0.1) is 35.7 Å². The first-order chi connectivity index (χ1) is 24.1. The van der Waals surface area contributed by atoms with Crippen molar-refractivity contribution in [3.05, 3.63) is 78.3 Å². The number of piperazine rings is 1. The SMILES string of the molecule is CC(C)(C=C(C#N)C(=O)N1CCCC(n2nc(-c3ccc(Oc4ccccc4)cc3F)c3c(N)nccc32)C1)N1CCN(C2(C)COC2)CC1. The number of anilines is 1. The number of rotatable bonds is 8. The number of aromatic nitrogens is 3. The predicted molar refractivity (Wildman–Crippen MR) is 189 cm³/mol. The number of carbonyl (C=O) groups excluding carboxylic acids is 1. The normalized spacial score (nSPS) is 20.3. The first kappa shape index (κ1) is 33.7. The molecule has 11 nitrogen and oxygen atoms in total. The number of amides is 1. The highest BCUT2D eigenvalue weighted by Gasteiger charge is 2.42. The monoisotopic (exact) mass is 678 g/mol. The molecule has 2 aromatic carbocycles.